The van der Waals surface area contributed by atoms with Gasteiger partial charge in [-0.25, -0.2) is 0 Å². The number of nitrogens with two attached hydrogens (primary N) is 1. The third-order valence-corrected chi connectivity index (χ3v) is 3.78. The molecule has 0 amide bonds. The second kappa shape index (κ2) is 6.15. The molecule has 2 N–H and O–H groups in total. The molecule has 1 aromatic carbocycles. The number of hydrogen-bond acceptors (Lipinski definition) is 3. The zero-order valence-electron chi connectivity index (χ0n) is 12.2. The Morgan fingerprint density at radius 2 is 1.79 bits per heavy atom. The highest BCUT2D eigenvalue weighted by Crippen LogP contribution is 2.29. The Labute approximate surface area is 115 Å². The molecule has 1 aromatic rings. The Hall–Kier alpha value is -1.42. The molecule has 106 valence electrons. The summed E-state index contributed by atoms with van der Waals surface area (Å²) in [4.78, 5) is 10.2. The summed E-state index contributed by atoms with van der Waals surface area (Å²) in [6.07, 6.45) is 1.72. The minimum Gasteiger partial charge on any atom is -0.327 e. The van der Waals surface area contributed by atoms with Gasteiger partial charge in [0.25, 0.3) is 5.69 Å². The molecule has 0 aliphatic carbocycles. The first-order valence-electron chi connectivity index (χ1n) is 6.69. The molecule has 0 radical (unpaired) electrons. The van der Waals surface area contributed by atoms with Crippen LogP contribution in [0.2, 0.25) is 0 Å². The summed E-state index contributed by atoms with van der Waals surface area (Å²) in [5.74, 6) is 0.542. The van der Waals surface area contributed by atoms with E-state index in [-0.39, 0.29) is 22.1 Å². The fourth-order valence-corrected chi connectivity index (χ4v) is 1.95. The van der Waals surface area contributed by atoms with Crippen molar-refractivity contribution in [1.29, 1.82) is 0 Å². The van der Waals surface area contributed by atoms with Gasteiger partial charge in [0.2, 0.25) is 0 Å². The first-order valence-corrected chi connectivity index (χ1v) is 6.69. The number of non-ortho nitro benzene ring substituents is 1. The van der Waals surface area contributed by atoms with E-state index in [0.717, 1.165) is 18.4 Å². The average Bonchev–Trinajstić information content (AvgIpc) is 2.28. The molecule has 0 aliphatic rings. The van der Waals surface area contributed by atoms with Gasteiger partial charge in [-0.1, -0.05) is 39.8 Å². The maximum atomic E-state index is 10.6. The number of nitrogens with zero attached hydrogens (tertiary/aromatic N) is 1. The summed E-state index contributed by atoms with van der Waals surface area (Å²) in [6, 6.07) is 6.75. The van der Waals surface area contributed by atoms with Crippen molar-refractivity contribution in [1.82, 2.24) is 0 Å². The summed E-state index contributed by atoms with van der Waals surface area (Å²) in [5, 5.41) is 10.6. The van der Waals surface area contributed by atoms with E-state index in [1.54, 1.807) is 12.1 Å². The lowest BCUT2D eigenvalue weighted by molar-refractivity contribution is -0.384. The van der Waals surface area contributed by atoms with Crippen LogP contribution in [0.3, 0.4) is 0 Å². The maximum absolute atomic E-state index is 10.6. The van der Waals surface area contributed by atoms with Crippen molar-refractivity contribution in [3.8, 4) is 0 Å². The van der Waals surface area contributed by atoms with Gasteiger partial charge in [0, 0.05) is 18.2 Å². The molecule has 0 saturated carbocycles. The molecule has 2 unspecified atom stereocenters. The van der Waals surface area contributed by atoms with E-state index in [0.29, 0.717) is 5.92 Å². The van der Waals surface area contributed by atoms with Gasteiger partial charge in [0.05, 0.1) is 4.92 Å². The van der Waals surface area contributed by atoms with E-state index >= 15 is 0 Å². The SMILES string of the molecule is CC(CC(N)Cc1ccc([N+](=O)[O-])cc1)C(C)(C)C. The maximum Gasteiger partial charge on any atom is 0.269 e. The van der Waals surface area contributed by atoms with Crippen molar-refractivity contribution < 1.29 is 4.92 Å². The van der Waals surface area contributed by atoms with Crippen LogP contribution in [0.25, 0.3) is 0 Å². The van der Waals surface area contributed by atoms with Gasteiger partial charge in [0.1, 0.15) is 0 Å². The third kappa shape index (κ3) is 4.99. The number of hydrogen-bond donors (Lipinski definition) is 1. The Balaban J connectivity index is 2.57. The van der Waals surface area contributed by atoms with E-state index < -0.39 is 0 Å². The van der Waals surface area contributed by atoms with E-state index in [1.807, 2.05) is 0 Å². The molecule has 1 rings (SSSR count). The molecule has 0 spiro atoms. The quantitative estimate of drug-likeness (QED) is 0.653. The number of rotatable bonds is 5. The Bertz CT molecular complexity index is 421. The molecular weight excluding hydrogens is 240 g/mol. The summed E-state index contributed by atoms with van der Waals surface area (Å²) < 4.78 is 0. The van der Waals surface area contributed by atoms with Gasteiger partial charge >= 0.3 is 0 Å². The van der Waals surface area contributed by atoms with E-state index in [9.17, 15) is 10.1 Å². The van der Waals surface area contributed by atoms with Crippen molar-refractivity contribution in [2.24, 2.45) is 17.1 Å². The minimum atomic E-state index is -0.384. The summed E-state index contributed by atoms with van der Waals surface area (Å²) in [5.41, 5.74) is 7.60. The van der Waals surface area contributed by atoms with Crippen molar-refractivity contribution >= 4 is 5.69 Å². The number of nitro benzene ring substituents is 1. The lowest BCUT2D eigenvalue weighted by atomic mass is 9.78. The van der Waals surface area contributed by atoms with Gasteiger partial charge < -0.3 is 5.73 Å². The van der Waals surface area contributed by atoms with Gasteiger partial charge in [-0.3, -0.25) is 10.1 Å². The second-order valence-electron chi connectivity index (χ2n) is 6.39. The molecule has 0 aliphatic heterocycles. The lowest BCUT2D eigenvalue weighted by Gasteiger charge is -2.29. The van der Waals surface area contributed by atoms with Crippen LogP contribution < -0.4 is 5.73 Å². The summed E-state index contributed by atoms with van der Waals surface area (Å²) >= 11 is 0. The zero-order chi connectivity index (χ0) is 14.6. The van der Waals surface area contributed by atoms with Gasteiger partial charge in [-0.05, 0) is 29.7 Å². The van der Waals surface area contributed by atoms with Crippen LogP contribution in [0, 0.1) is 21.4 Å². The van der Waals surface area contributed by atoms with E-state index in [4.69, 9.17) is 5.73 Å². The van der Waals surface area contributed by atoms with Crippen LogP contribution in [-0.4, -0.2) is 11.0 Å². The Morgan fingerprint density at radius 3 is 2.21 bits per heavy atom. The minimum absolute atomic E-state index is 0.0932. The molecule has 0 heterocycles. The molecule has 0 bridgehead atoms. The molecule has 0 fully saturated rings. The topological polar surface area (TPSA) is 69.2 Å². The van der Waals surface area contributed by atoms with Crippen LogP contribution in [-0.2, 0) is 6.42 Å². The monoisotopic (exact) mass is 264 g/mol. The molecule has 4 heteroatoms. The van der Waals surface area contributed by atoms with E-state index in [2.05, 4.69) is 27.7 Å². The summed E-state index contributed by atoms with van der Waals surface area (Å²) in [6.45, 7) is 8.87. The van der Waals surface area contributed by atoms with Crippen LogP contribution in [0.1, 0.15) is 39.7 Å². The fraction of sp³-hybridized carbons (Fsp3) is 0.600. The first kappa shape index (κ1) is 15.6. The van der Waals surface area contributed by atoms with Crippen molar-refractivity contribution in [3.05, 3.63) is 39.9 Å². The smallest absolute Gasteiger partial charge is 0.269 e. The van der Waals surface area contributed by atoms with Gasteiger partial charge in [-0.15, -0.1) is 0 Å². The Kier molecular flexibility index (Phi) is 5.06. The van der Waals surface area contributed by atoms with Crippen molar-refractivity contribution in [2.45, 2.75) is 46.6 Å². The van der Waals surface area contributed by atoms with E-state index in [1.165, 1.54) is 12.1 Å². The highest BCUT2D eigenvalue weighted by Gasteiger charge is 2.22. The first-order chi connectivity index (χ1) is 8.70. The van der Waals surface area contributed by atoms with Crippen molar-refractivity contribution in [3.63, 3.8) is 0 Å². The Morgan fingerprint density at radius 1 is 1.26 bits per heavy atom. The molecular formula is C15H24N2O2. The van der Waals surface area contributed by atoms with Crippen LogP contribution in [0.5, 0.6) is 0 Å². The zero-order valence-corrected chi connectivity index (χ0v) is 12.2. The lowest BCUT2D eigenvalue weighted by Crippen LogP contribution is -2.30. The molecule has 0 saturated heterocycles. The predicted octanol–water partition coefficient (Wildman–Crippen LogP) is 3.54. The van der Waals surface area contributed by atoms with Crippen LogP contribution >= 0.6 is 0 Å². The normalized spacial score (nSPS) is 15.0. The predicted molar refractivity (Wildman–Crippen MR) is 78.0 cm³/mol. The molecule has 0 aromatic heterocycles. The third-order valence-electron chi connectivity index (χ3n) is 3.78. The standard InChI is InChI=1S/C15H24N2O2/c1-11(15(2,3)4)9-13(16)10-12-5-7-14(8-6-12)17(18)19/h5-8,11,13H,9-10,16H2,1-4H3. The van der Waals surface area contributed by atoms with Crippen LogP contribution in [0.15, 0.2) is 24.3 Å². The molecule has 2 atom stereocenters. The highest BCUT2D eigenvalue weighted by atomic mass is 16.6. The number of benzene rings is 1. The van der Waals surface area contributed by atoms with Gasteiger partial charge in [-0.2, -0.15) is 0 Å². The largest absolute Gasteiger partial charge is 0.327 e. The highest BCUT2D eigenvalue weighted by molar-refractivity contribution is 5.33. The molecule has 4 nitrogen and oxygen atoms in total. The van der Waals surface area contributed by atoms with Crippen molar-refractivity contribution in [2.75, 3.05) is 0 Å². The number of nitro groups is 1. The fourth-order valence-electron chi connectivity index (χ4n) is 1.95. The molecule has 19 heavy (non-hydrogen) atoms. The van der Waals surface area contributed by atoms with Crippen LogP contribution in [0.4, 0.5) is 5.69 Å². The average molecular weight is 264 g/mol. The van der Waals surface area contributed by atoms with Gasteiger partial charge in [0.15, 0.2) is 0 Å². The summed E-state index contributed by atoms with van der Waals surface area (Å²) in [7, 11) is 0. The second-order valence-corrected chi connectivity index (χ2v) is 6.39.